The highest BCUT2D eigenvalue weighted by atomic mass is 15.1. The van der Waals surface area contributed by atoms with E-state index < -0.39 is 0 Å². The fourth-order valence-electron chi connectivity index (χ4n) is 2.47. The normalized spacial score (nSPS) is 15.0. The third-order valence-corrected chi connectivity index (χ3v) is 3.93. The fraction of sp³-hybridized carbons (Fsp3) is 0.812. The second-order valence-electron chi connectivity index (χ2n) is 5.81. The minimum atomic E-state index is 0.767. The molecular formula is C16H29N3. The average molecular weight is 263 g/mol. The summed E-state index contributed by atoms with van der Waals surface area (Å²) in [7, 11) is 0. The van der Waals surface area contributed by atoms with Gasteiger partial charge in [-0.25, -0.2) is 4.98 Å². The quantitative estimate of drug-likeness (QED) is 0.614. The standard InChI is InChI=1S/C16H29N3/c1-2-3-4-5-6-7-8-12-19-13-11-17-16(19)14-18-15-9-10-15/h11,13,15,18H,2-10,12,14H2,1H3. The van der Waals surface area contributed by atoms with Gasteiger partial charge >= 0.3 is 0 Å². The van der Waals surface area contributed by atoms with E-state index >= 15 is 0 Å². The molecule has 0 aliphatic heterocycles. The van der Waals surface area contributed by atoms with Crippen molar-refractivity contribution in [3.63, 3.8) is 0 Å². The summed E-state index contributed by atoms with van der Waals surface area (Å²) in [5.74, 6) is 1.21. The maximum absolute atomic E-state index is 4.46. The molecule has 0 aromatic carbocycles. The lowest BCUT2D eigenvalue weighted by Gasteiger charge is -2.08. The average Bonchev–Trinajstić information content (AvgIpc) is 3.15. The van der Waals surface area contributed by atoms with Crippen LogP contribution in [0.5, 0.6) is 0 Å². The minimum Gasteiger partial charge on any atom is -0.334 e. The van der Waals surface area contributed by atoms with Gasteiger partial charge in [0.2, 0.25) is 0 Å². The van der Waals surface area contributed by atoms with Crippen LogP contribution in [-0.4, -0.2) is 15.6 Å². The summed E-state index contributed by atoms with van der Waals surface area (Å²) in [4.78, 5) is 4.46. The topological polar surface area (TPSA) is 29.9 Å². The van der Waals surface area contributed by atoms with Crippen LogP contribution in [0, 0.1) is 0 Å². The van der Waals surface area contributed by atoms with Crippen molar-refractivity contribution in [2.45, 2.75) is 83.8 Å². The largest absolute Gasteiger partial charge is 0.334 e. The second-order valence-corrected chi connectivity index (χ2v) is 5.81. The first kappa shape index (κ1) is 14.6. The number of hydrogen-bond donors (Lipinski definition) is 1. The third-order valence-electron chi connectivity index (χ3n) is 3.93. The molecule has 1 aromatic rings. The number of imidazole rings is 1. The first-order chi connectivity index (χ1) is 9.40. The van der Waals surface area contributed by atoms with Crippen molar-refractivity contribution < 1.29 is 0 Å². The monoisotopic (exact) mass is 263 g/mol. The minimum absolute atomic E-state index is 0.767. The van der Waals surface area contributed by atoms with Gasteiger partial charge in [0.15, 0.2) is 0 Å². The van der Waals surface area contributed by atoms with Crippen molar-refractivity contribution in [1.29, 1.82) is 0 Å². The van der Waals surface area contributed by atoms with Gasteiger partial charge in [-0.3, -0.25) is 0 Å². The van der Waals surface area contributed by atoms with E-state index in [0.717, 1.165) is 19.1 Å². The smallest absolute Gasteiger partial charge is 0.122 e. The lowest BCUT2D eigenvalue weighted by atomic mass is 10.1. The molecule has 0 saturated heterocycles. The van der Waals surface area contributed by atoms with E-state index in [9.17, 15) is 0 Å². The summed E-state index contributed by atoms with van der Waals surface area (Å²) in [6, 6.07) is 0.767. The van der Waals surface area contributed by atoms with Gasteiger partial charge in [0.05, 0.1) is 6.54 Å². The molecule has 3 nitrogen and oxygen atoms in total. The molecular weight excluding hydrogens is 234 g/mol. The zero-order chi connectivity index (χ0) is 13.3. The molecule has 2 rings (SSSR count). The van der Waals surface area contributed by atoms with Crippen LogP contribution in [0.4, 0.5) is 0 Å². The summed E-state index contributed by atoms with van der Waals surface area (Å²) in [6.45, 7) is 4.35. The Morgan fingerprint density at radius 3 is 2.63 bits per heavy atom. The molecule has 1 saturated carbocycles. The van der Waals surface area contributed by atoms with Crippen molar-refractivity contribution in [2.24, 2.45) is 0 Å². The molecule has 1 fully saturated rings. The van der Waals surface area contributed by atoms with E-state index in [-0.39, 0.29) is 0 Å². The molecule has 1 aliphatic rings. The Labute approximate surface area is 117 Å². The summed E-state index contributed by atoms with van der Waals surface area (Å²) in [5, 5.41) is 3.54. The van der Waals surface area contributed by atoms with Gasteiger partial charge in [0, 0.05) is 25.0 Å². The molecule has 0 spiro atoms. The Balaban J connectivity index is 1.55. The Hall–Kier alpha value is -0.830. The third kappa shape index (κ3) is 5.77. The number of nitrogens with one attached hydrogen (secondary N) is 1. The zero-order valence-corrected chi connectivity index (χ0v) is 12.4. The van der Waals surface area contributed by atoms with Gasteiger partial charge in [-0.2, -0.15) is 0 Å². The number of rotatable bonds is 11. The van der Waals surface area contributed by atoms with Crippen LogP contribution in [0.25, 0.3) is 0 Å². The molecule has 3 heteroatoms. The summed E-state index contributed by atoms with van der Waals surface area (Å²) < 4.78 is 2.32. The van der Waals surface area contributed by atoms with Gasteiger partial charge in [-0.1, -0.05) is 45.4 Å². The van der Waals surface area contributed by atoms with E-state index in [2.05, 4.69) is 28.0 Å². The van der Waals surface area contributed by atoms with Crippen molar-refractivity contribution in [3.05, 3.63) is 18.2 Å². The number of aryl methyl sites for hydroxylation is 1. The van der Waals surface area contributed by atoms with Crippen LogP contribution in [-0.2, 0) is 13.1 Å². The maximum atomic E-state index is 4.46. The van der Waals surface area contributed by atoms with Crippen molar-refractivity contribution in [1.82, 2.24) is 14.9 Å². The predicted molar refractivity (Wildman–Crippen MR) is 80.1 cm³/mol. The molecule has 0 unspecified atom stereocenters. The van der Waals surface area contributed by atoms with E-state index in [1.165, 1.54) is 63.6 Å². The maximum Gasteiger partial charge on any atom is 0.122 e. The van der Waals surface area contributed by atoms with E-state index in [1.807, 2.05) is 6.20 Å². The Morgan fingerprint density at radius 2 is 1.89 bits per heavy atom. The summed E-state index contributed by atoms with van der Waals surface area (Å²) in [6.07, 6.45) is 16.4. The first-order valence-corrected chi connectivity index (χ1v) is 8.13. The Morgan fingerprint density at radius 1 is 1.16 bits per heavy atom. The molecule has 19 heavy (non-hydrogen) atoms. The molecule has 0 amide bonds. The molecule has 1 N–H and O–H groups in total. The van der Waals surface area contributed by atoms with Gasteiger partial charge in [0.25, 0.3) is 0 Å². The second kappa shape index (κ2) is 8.36. The van der Waals surface area contributed by atoms with E-state index in [1.54, 1.807) is 0 Å². The molecule has 0 bridgehead atoms. The Kier molecular flexibility index (Phi) is 6.42. The van der Waals surface area contributed by atoms with Crippen LogP contribution in [0.15, 0.2) is 12.4 Å². The number of aromatic nitrogens is 2. The highest BCUT2D eigenvalue weighted by molar-refractivity contribution is 4.94. The van der Waals surface area contributed by atoms with E-state index in [0.29, 0.717) is 0 Å². The van der Waals surface area contributed by atoms with Gasteiger partial charge in [0.1, 0.15) is 5.82 Å². The fourth-order valence-corrected chi connectivity index (χ4v) is 2.47. The molecule has 0 radical (unpaired) electrons. The highest BCUT2D eigenvalue weighted by Gasteiger charge is 2.20. The van der Waals surface area contributed by atoms with Crippen LogP contribution >= 0.6 is 0 Å². The van der Waals surface area contributed by atoms with Crippen LogP contribution in [0.2, 0.25) is 0 Å². The molecule has 108 valence electrons. The molecule has 1 aromatic heterocycles. The van der Waals surface area contributed by atoms with Crippen molar-refractivity contribution >= 4 is 0 Å². The van der Waals surface area contributed by atoms with Crippen LogP contribution in [0.3, 0.4) is 0 Å². The lowest BCUT2D eigenvalue weighted by Crippen LogP contribution is -2.18. The summed E-state index contributed by atoms with van der Waals surface area (Å²) in [5.41, 5.74) is 0. The van der Waals surface area contributed by atoms with E-state index in [4.69, 9.17) is 0 Å². The van der Waals surface area contributed by atoms with Crippen molar-refractivity contribution in [2.75, 3.05) is 0 Å². The SMILES string of the molecule is CCCCCCCCCn1ccnc1CNC1CC1. The molecule has 1 aliphatic carbocycles. The van der Waals surface area contributed by atoms with Gasteiger partial charge < -0.3 is 9.88 Å². The number of hydrogen-bond acceptors (Lipinski definition) is 2. The first-order valence-electron chi connectivity index (χ1n) is 8.13. The highest BCUT2D eigenvalue weighted by Crippen LogP contribution is 2.19. The number of unbranched alkanes of at least 4 members (excludes halogenated alkanes) is 6. The summed E-state index contributed by atoms with van der Waals surface area (Å²) >= 11 is 0. The number of nitrogens with zero attached hydrogens (tertiary/aromatic N) is 2. The van der Waals surface area contributed by atoms with Gasteiger partial charge in [-0.05, 0) is 19.3 Å². The van der Waals surface area contributed by atoms with Crippen LogP contribution < -0.4 is 5.32 Å². The van der Waals surface area contributed by atoms with Crippen LogP contribution in [0.1, 0.15) is 70.5 Å². The molecule has 0 atom stereocenters. The molecule has 1 heterocycles. The predicted octanol–water partition coefficient (Wildman–Crippen LogP) is 3.89. The van der Waals surface area contributed by atoms with Crippen molar-refractivity contribution in [3.8, 4) is 0 Å². The lowest BCUT2D eigenvalue weighted by molar-refractivity contribution is 0.529. The Bertz CT molecular complexity index is 342. The zero-order valence-electron chi connectivity index (χ0n) is 12.4. The van der Waals surface area contributed by atoms with Gasteiger partial charge in [-0.15, -0.1) is 0 Å².